The van der Waals surface area contributed by atoms with Crippen molar-refractivity contribution in [2.75, 3.05) is 11.9 Å². The molecular formula is C14H17Cl3N2O. The predicted octanol–water partition coefficient (Wildman–Crippen LogP) is 4.77. The average Bonchev–Trinajstić information content (AvgIpc) is 2.43. The highest BCUT2D eigenvalue weighted by Gasteiger charge is 2.30. The van der Waals surface area contributed by atoms with E-state index in [2.05, 4.69) is 10.3 Å². The monoisotopic (exact) mass is 334 g/mol. The summed E-state index contributed by atoms with van der Waals surface area (Å²) in [6, 6.07) is 6.33. The van der Waals surface area contributed by atoms with E-state index >= 15 is 0 Å². The first-order valence-electron chi connectivity index (χ1n) is 6.65. The molecule has 0 amide bonds. The number of nitrogens with zero attached hydrogens (tertiary/aromatic N) is 1. The van der Waals surface area contributed by atoms with Gasteiger partial charge in [0.2, 0.25) is 0 Å². The number of anilines is 1. The van der Waals surface area contributed by atoms with Gasteiger partial charge in [0.15, 0.2) is 0 Å². The van der Waals surface area contributed by atoms with E-state index in [0.29, 0.717) is 33.7 Å². The number of ether oxygens (including phenoxy) is 1. The van der Waals surface area contributed by atoms with Crippen LogP contribution in [0.1, 0.15) is 25.7 Å². The number of hydrogen-bond donors (Lipinski definition) is 1. The number of amidine groups is 1. The van der Waals surface area contributed by atoms with Crippen LogP contribution in [0.25, 0.3) is 0 Å². The molecule has 1 aromatic rings. The van der Waals surface area contributed by atoms with Gasteiger partial charge in [-0.2, -0.15) is 0 Å². The Morgan fingerprint density at radius 3 is 2.60 bits per heavy atom. The fourth-order valence-electron chi connectivity index (χ4n) is 2.72. The van der Waals surface area contributed by atoms with Gasteiger partial charge >= 0.3 is 0 Å². The highest BCUT2D eigenvalue weighted by molar-refractivity contribution is 6.39. The van der Waals surface area contributed by atoms with Crippen LogP contribution >= 0.6 is 35.6 Å². The van der Waals surface area contributed by atoms with Crippen molar-refractivity contribution in [1.82, 2.24) is 0 Å². The van der Waals surface area contributed by atoms with Crippen LogP contribution in [0.4, 0.5) is 5.69 Å². The lowest BCUT2D eigenvalue weighted by Gasteiger charge is -2.33. The summed E-state index contributed by atoms with van der Waals surface area (Å²) < 4.78 is 5.68. The van der Waals surface area contributed by atoms with Crippen molar-refractivity contribution in [3.8, 4) is 0 Å². The Morgan fingerprint density at radius 1 is 1.15 bits per heavy atom. The standard InChI is InChI=1S/C14H16Cl2N2O.ClH/c15-10-5-3-6-11(16)13(10)18-14-17-12-7-2-1-4-9(12)8-19-14;/h3,5-6,9,12H,1-2,4,7-8H2,(H,17,18);1H/t9-,12+;/m1./s1. The molecule has 3 rings (SSSR count). The molecule has 1 aromatic carbocycles. The van der Waals surface area contributed by atoms with Crippen molar-refractivity contribution in [2.45, 2.75) is 31.7 Å². The van der Waals surface area contributed by atoms with Gasteiger partial charge in [-0.3, -0.25) is 0 Å². The highest BCUT2D eigenvalue weighted by Crippen LogP contribution is 2.33. The first-order valence-corrected chi connectivity index (χ1v) is 7.41. The van der Waals surface area contributed by atoms with E-state index in [0.717, 1.165) is 13.0 Å². The number of nitrogens with one attached hydrogen (secondary N) is 1. The number of halogens is 3. The van der Waals surface area contributed by atoms with E-state index in [1.807, 2.05) is 6.07 Å². The van der Waals surface area contributed by atoms with E-state index in [9.17, 15) is 0 Å². The average molecular weight is 336 g/mol. The van der Waals surface area contributed by atoms with Gasteiger partial charge in [-0.05, 0) is 25.0 Å². The summed E-state index contributed by atoms with van der Waals surface area (Å²) in [5.74, 6) is 0.570. The van der Waals surface area contributed by atoms with Gasteiger partial charge in [0.25, 0.3) is 6.02 Å². The van der Waals surface area contributed by atoms with Crippen molar-refractivity contribution >= 4 is 47.3 Å². The second-order valence-electron chi connectivity index (χ2n) is 5.08. The molecule has 1 heterocycles. The summed E-state index contributed by atoms with van der Waals surface area (Å²) in [4.78, 5) is 4.65. The predicted molar refractivity (Wildman–Crippen MR) is 86.5 cm³/mol. The third kappa shape index (κ3) is 3.33. The van der Waals surface area contributed by atoms with Crippen molar-refractivity contribution in [3.05, 3.63) is 28.2 Å². The van der Waals surface area contributed by atoms with Crippen LogP contribution in [0.15, 0.2) is 23.2 Å². The summed E-state index contributed by atoms with van der Waals surface area (Å²) in [6.45, 7) is 0.735. The molecule has 0 saturated heterocycles. The lowest BCUT2D eigenvalue weighted by molar-refractivity contribution is 0.154. The molecule has 20 heavy (non-hydrogen) atoms. The van der Waals surface area contributed by atoms with Crippen LogP contribution in [0.2, 0.25) is 10.0 Å². The Balaban J connectivity index is 0.00000147. The van der Waals surface area contributed by atoms with Gasteiger partial charge in [-0.25, -0.2) is 4.99 Å². The highest BCUT2D eigenvalue weighted by atomic mass is 35.5. The number of rotatable bonds is 1. The zero-order chi connectivity index (χ0) is 13.2. The third-order valence-electron chi connectivity index (χ3n) is 3.78. The maximum Gasteiger partial charge on any atom is 0.289 e. The summed E-state index contributed by atoms with van der Waals surface area (Å²) in [6.07, 6.45) is 4.91. The quantitative estimate of drug-likeness (QED) is 0.802. The molecule has 1 N–H and O–H groups in total. The van der Waals surface area contributed by atoms with E-state index in [-0.39, 0.29) is 12.4 Å². The molecule has 1 saturated carbocycles. The molecule has 1 aliphatic heterocycles. The van der Waals surface area contributed by atoms with E-state index in [1.54, 1.807) is 12.1 Å². The molecule has 1 aliphatic carbocycles. The Kier molecular flexibility index (Phi) is 5.42. The van der Waals surface area contributed by atoms with Gasteiger partial charge in [0.05, 0.1) is 28.4 Å². The summed E-state index contributed by atoms with van der Waals surface area (Å²) in [7, 11) is 0. The van der Waals surface area contributed by atoms with Gasteiger partial charge in [-0.15, -0.1) is 12.4 Å². The van der Waals surface area contributed by atoms with Crippen LogP contribution in [-0.4, -0.2) is 18.7 Å². The minimum absolute atomic E-state index is 0. The molecule has 6 heteroatoms. The number of fused-ring (bicyclic) bond motifs is 1. The van der Waals surface area contributed by atoms with Crippen LogP contribution in [0, 0.1) is 5.92 Å². The zero-order valence-electron chi connectivity index (χ0n) is 10.9. The van der Waals surface area contributed by atoms with Gasteiger partial charge in [-0.1, -0.05) is 42.1 Å². The summed E-state index contributed by atoms with van der Waals surface area (Å²) in [5, 5.41) is 4.26. The second kappa shape index (κ2) is 6.88. The largest absolute Gasteiger partial charge is 0.465 e. The van der Waals surface area contributed by atoms with Crippen LogP contribution in [0.3, 0.4) is 0 Å². The lowest BCUT2D eigenvalue weighted by Crippen LogP contribution is -2.36. The molecule has 1 fully saturated rings. The van der Waals surface area contributed by atoms with Crippen LogP contribution in [-0.2, 0) is 4.74 Å². The van der Waals surface area contributed by atoms with Gasteiger partial charge in [0, 0.05) is 5.92 Å². The smallest absolute Gasteiger partial charge is 0.289 e. The number of para-hydroxylation sites is 1. The molecule has 0 radical (unpaired) electrons. The van der Waals surface area contributed by atoms with Crippen molar-refractivity contribution in [2.24, 2.45) is 10.9 Å². The minimum Gasteiger partial charge on any atom is -0.465 e. The summed E-state index contributed by atoms with van der Waals surface area (Å²) >= 11 is 12.3. The molecule has 110 valence electrons. The van der Waals surface area contributed by atoms with Crippen molar-refractivity contribution in [1.29, 1.82) is 0 Å². The normalized spacial score (nSPS) is 24.8. The number of hydrogen-bond acceptors (Lipinski definition) is 3. The molecule has 0 spiro atoms. The Hall–Kier alpha value is -0.640. The fourth-order valence-corrected chi connectivity index (χ4v) is 3.21. The number of benzene rings is 1. The molecule has 0 aromatic heterocycles. The molecular weight excluding hydrogens is 319 g/mol. The third-order valence-corrected chi connectivity index (χ3v) is 4.41. The van der Waals surface area contributed by atoms with Gasteiger partial charge in [0.1, 0.15) is 0 Å². The van der Waals surface area contributed by atoms with Crippen LogP contribution in [0.5, 0.6) is 0 Å². The molecule has 0 bridgehead atoms. The van der Waals surface area contributed by atoms with Crippen molar-refractivity contribution in [3.63, 3.8) is 0 Å². The SMILES string of the molecule is Cl.Clc1cccc(Cl)c1NC1=N[C@H]2CCCC[C@@H]2CO1. The maximum absolute atomic E-state index is 6.13. The minimum atomic E-state index is 0. The van der Waals surface area contributed by atoms with Crippen LogP contribution < -0.4 is 5.32 Å². The van der Waals surface area contributed by atoms with Gasteiger partial charge < -0.3 is 10.1 Å². The summed E-state index contributed by atoms with van der Waals surface area (Å²) in [5.41, 5.74) is 0.666. The molecule has 0 unspecified atom stereocenters. The Morgan fingerprint density at radius 2 is 1.85 bits per heavy atom. The Bertz CT molecular complexity index is 487. The molecule has 2 aliphatic rings. The number of aliphatic imine (C=N–C) groups is 1. The van der Waals surface area contributed by atoms with Crippen molar-refractivity contribution < 1.29 is 4.74 Å². The maximum atomic E-state index is 6.13. The molecule has 3 nitrogen and oxygen atoms in total. The fraction of sp³-hybridized carbons (Fsp3) is 0.500. The van der Waals surface area contributed by atoms with E-state index < -0.39 is 0 Å². The van der Waals surface area contributed by atoms with E-state index in [4.69, 9.17) is 27.9 Å². The first-order chi connectivity index (χ1) is 9.24. The Labute approximate surface area is 135 Å². The zero-order valence-corrected chi connectivity index (χ0v) is 13.3. The first kappa shape index (κ1) is 15.7. The topological polar surface area (TPSA) is 33.6 Å². The molecule has 2 atom stereocenters. The van der Waals surface area contributed by atoms with E-state index in [1.165, 1.54) is 19.3 Å². The lowest BCUT2D eigenvalue weighted by atomic mass is 9.85. The second-order valence-corrected chi connectivity index (χ2v) is 5.89.